The van der Waals surface area contributed by atoms with E-state index < -0.39 is 0 Å². The number of nitrogens with zero attached hydrogens (tertiary/aromatic N) is 1. The minimum atomic E-state index is 0.116. The maximum Gasteiger partial charge on any atom is 0.137 e. The Morgan fingerprint density at radius 2 is 2.07 bits per heavy atom. The van der Waals surface area contributed by atoms with Crippen molar-refractivity contribution in [3.05, 3.63) is 0 Å². The van der Waals surface area contributed by atoms with Crippen LogP contribution < -0.4 is 0 Å². The highest BCUT2D eigenvalue weighted by Crippen LogP contribution is 2.84. The van der Waals surface area contributed by atoms with E-state index in [0.29, 0.717) is 16.2 Å². The van der Waals surface area contributed by atoms with Gasteiger partial charge in [-0.1, -0.05) is 13.8 Å². The van der Waals surface area contributed by atoms with Gasteiger partial charge < -0.3 is 9.53 Å². The Hall–Kier alpha value is 0.320. The van der Waals surface area contributed by atoms with Gasteiger partial charge in [0.1, 0.15) is 6.29 Å². The monoisotopic (exact) mass is 321 g/mol. The highest BCUT2D eigenvalue weighted by Gasteiger charge is 2.85. The lowest BCUT2D eigenvalue weighted by Gasteiger charge is -2.32. The Balaban J connectivity index is 1.92. The van der Waals surface area contributed by atoms with Crippen molar-refractivity contribution in [1.82, 2.24) is 3.11 Å². The van der Waals surface area contributed by atoms with Crippen LogP contribution in [0.3, 0.4) is 0 Å². The quantitative estimate of drug-likeness (QED) is 0.418. The lowest BCUT2D eigenvalue weighted by molar-refractivity contribution is -0.110. The maximum absolute atomic E-state index is 11.0. The summed E-state index contributed by atoms with van der Waals surface area (Å²) >= 11 is 2.29. The summed E-state index contributed by atoms with van der Waals surface area (Å²) in [6.07, 6.45) is 2.12. The second-order valence-corrected chi connectivity index (χ2v) is 6.99. The van der Waals surface area contributed by atoms with E-state index in [-0.39, 0.29) is 6.04 Å². The van der Waals surface area contributed by atoms with Crippen molar-refractivity contribution in [2.75, 3.05) is 19.8 Å². The molecule has 2 saturated heterocycles. The van der Waals surface area contributed by atoms with E-state index in [0.717, 1.165) is 32.5 Å². The van der Waals surface area contributed by atoms with E-state index in [9.17, 15) is 4.79 Å². The molecule has 1 aliphatic carbocycles. The summed E-state index contributed by atoms with van der Waals surface area (Å²) in [4.78, 5) is 11.0. The topological polar surface area (TPSA) is 29.5 Å². The van der Waals surface area contributed by atoms with Crippen LogP contribution >= 0.6 is 22.9 Å². The van der Waals surface area contributed by atoms with Crippen molar-refractivity contribution in [1.29, 1.82) is 0 Å². The van der Waals surface area contributed by atoms with E-state index in [4.69, 9.17) is 4.74 Å². The third-order valence-corrected chi connectivity index (χ3v) is 6.50. The van der Waals surface area contributed by atoms with Gasteiger partial charge in [0.05, 0.1) is 19.3 Å². The lowest BCUT2D eigenvalue weighted by Crippen LogP contribution is -2.37. The number of hydrogen-bond acceptors (Lipinski definition) is 3. The molecule has 3 nitrogen and oxygen atoms in total. The van der Waals surface area contributed by atoms with Crippen LogP contribution in [0.15, 0.2) is 0 Å². The predicted octanol–water partition coefficient (Wildman–Crippen LogP) is 1.65. The Morgan fingerprint density at radius 3 is 2.40 bits per heavy atom. The summed E-state index contributed by atoms with van der Waals surface area (Å²) in [6, 6.07) is 0.116. The molecule has 2 atom stereocenters. The number of ether oxygens (including phenoxy) is 1. The lowest BCUT2D eigenvalue weighted by atomic mass is 9.89. The molecule has 84 valence electrons. The smallest absolute Gasteiger partial charge is 0.137 e. The number of fused-ring (bicyclic) bond motifs is 1. The summed E-state index contributed by atoms with van der Waals surface area (Å²) in [7, 11) is 0. The van der Waals surface area contributed by atoms with Crippen LogP contribution in [0, 0.1) is 16.2 Å². The molecule has 0 radical (unpaired) electrons. The SMILES string of the molecule is CC1(C)C2(COC2)[C@]12C[C@@H](C=O)N(I)C2. The zero-order valence-electron chi connectivity index (χ0n) is 9.12. The number of aldehydes is 1. The third-order valence-electron chi connectivity index (χ3n) is 5.44. The summed E-state index contributed by atoms with van der Waals surface area (Å²) in [5.41, 5.74) is 1.06. The van der Waals surface area contributed by atoms with Gasteiger partial charge >= 0.3 is 0 Å². The summed E-state index contributed by atoms with van der Waals surface area (Å²) < 4.78 is 7.60. The first-order chi connectivity index (χ1) is 7.01. The second kappa shape index (κ2) is 2.76. The predicted molar refractivity (Wildman–Crippen MR) is 64.7 cm³/mol. The molecule has 15 heavy (non-hydrogen) atoms. The zero-order chi connectivity index (χ0) is 10.9. The van der Waals surface area contributed by atoms with E-state index >= 15 is 0 Å². The van der Waals surface area contributed by atoms with Gasteiger partial charge in [-0.25, -0.2) is 3.11 Å². The fourth-order valence-corrected chi connectivity index (χ4v) is 4.92. The maximum atomic E-state index is 11.0. The van der Waals surface area contributed by atoms with Crippen molar-refractivity contribution in [2.45, 2.75) is 26.3 Å². The Kier molecular flexibility index (Phi) is 1.93. The molecule has 4 heteroatoms. The highest BCUT2D eigenvalue weighted by molar-refractivity contribution is 14.1. The van der Waals surface area contributed by atoms with Gasteiger partial charge in [-0.15, -0.1) is 0 Å². The Bertz CT molecular complexity index is 327. The van der Waals surface area contributed by atoms with E-state index in [1.165, 1.54) is 0 Å². The van der Waals surface area contributed by atoms with Gasteiger partial charge in [-0.3, -0.25) is 0 Å². The number of carbonyl (C=O) groups is 1. The van der Waals surface area contributed by atoms with Gasteiger partial charge in [0.15, 0.2) is 0 Å². The van der Waals surface area contributed by atoms with Crippen LogP contribution in [0.2, 0.25) is 0 Å². The average molecular weight is 321 g/mol. The molecule has 0 amide bonds. The van der Waals surface area contributed by atoms with Crippen LogP contribution in [0.4, 0.5) is 0 Å². The zero-order valence-corrected chi connectivity index (χ0v) is 11.3. The van der Waals surface area contributed by atoms with Gasteiger partial charge in [-0.2, -0.15) is 0 Å². The molecule has 3 rings (SSSR count). The summed E-state index contributed by atoms with van der Waals surface area (Å²) in [6.45, 7) is 7.53. The molecule has 0 N–H and O–H groups in total. The van der Waals surface area contributed by atoms with Crippen LogP contribution in [0.25, 0.3) is 0 Å². The minimum absolute atomic E-state index is 0.116. The number of rotatable bonds is 1. The van der Waals surface area contributed by atoms with Crippen molar-refractivity contribution >= 4 is 29.2 Å². The van der Waals surface area contributed by atoms with E-state index in [1.54, 1.807) is 0 Å². The standard InChI is InChI=1S/C11H16INO2/c1-9(2)10(11(9)6-15-7-11)3-8(4-14)13(12)5-10/h4,8H,3,5-7H2,1-2H3/t8-,10-/m0/s1. The average Bonchev–Trinajstić information content (AvgIpc) is 2.36. The molecular weight excluding hydrogens is 305 g/mol. The minimum Gasteiger partial charge on any atom is -0.380 e. The van der Waals surface area contributed by atoms with E-state index in [2.05, 4.69) is 39.8 Å². The fourth-order valence-electron chi connectivity index (χ4n) is 4.01. The fraction of sp³-hybridized carbons (Fsp3) is 0.909. The molecule has 0 aromatic rings. The summed E-state index contributed by atoms with van der Waals surface area (Å²) in [5, 5.41) is 0. The second-order valence-electron chi connectivity index (χ2n) is 5.75. The third kappa shape index (κ3) is 0.894. The first-order valence-electron chi connectivity index (χ1n) is 5.46. The summed E-state index contributed by atoms with van der Waals surface area (Å²) in [5.74, 6) is 0. The molecule has 3 fully saturated rings. The molecule has 1 saturated carbocycles. The first kappa shape index (κ1) is 10.5. The number of carbonyl (C=O) groups excluding carboxylic acids is 1. The largest absolute Gasteiger partial charge is 0.380 e. The van der Waals surface area contributed by atoms with Gasteiger partial charge in [-0.05, 0) is 11.8 Å². The van der Waals surface area contributed by atoms with Crippen LogP contribution in [-0.2, 0) is 9.53 Å². The molecule has 0 unspecified atom stereocenters. The number of halogens is 1. The van der Waals surface area contributed by atoms with Crippen LogP contribution in [0.1, 0.15) is 20.3 Å². The molecule has 0 aromatic carbocycles. The van der Waals surface area contributed by atoms with Gasteiger partial charge in [0, 0.05) is 40.2 Å². The first-order valence-corrected chi connectivity index (χ1v) is 6.43. The number of hydrogen-bond donors (Lipinski definition) is 0. The van der Waals surface area contributed by atoms with Crippen LogP contribution in [0.5, 0.6) is 0 Å². The van der Waals surface area contributed by atoms with Gasteiger partial charge in [0.25, 0.3) is 0 Å². The Labute approximate surface area is 104 Å². The molecule has 0 aromatic heterocycles. The molecule has 2 spiro atoms. The van der Waals surface area contributed by atoms with Gasteiger partial charge in [0.2, 0.25) is 0 Å². The highest BCUT2D eigenvalue weighted by atomic mass is 127. The van der Waals surface area contributed by atoms with E-state index in [1.807, 2.05) is 0 Å². The van der Waals surface area contributed by atoms with Crippen molar-refractivity contribution in [3.63, 3.8) is 0 Å². The molecular formula is C11H16INO2. The molecule has 2 aliphatic heterocycles. The van der Waals surface area contributed by atoms with Crippen molar-refractivity contribution in [2.24, 2.45) is 16.2 Å². The van der Waals surface area contributed by atoms with Crippen LogP contribution in [-0.4, -0.2) is 35.2 Å². The normalized spacial score (nSPS) is 45.7. The van der Waals surface area contributed by atoms with Crippen molar-refractivity contribution < 1.29 is 9.53 Å². The molecule has 0 bridgehead atoms. The van der Waals surface area contributed by atoms with Crippen molar-refractivity contribution in [3.8, 4) is 0 Å². The molecule has 3 aliphatic rings. The Morgan fingerprint density at radius 1 is 1.40 bits per heavy atom. The molecule has 2 heterocycles.